The number of alkyl halides is 1. The minimum absolute atomic E-state index is 0.627. The van der Waals surface area contributed by atoms with Gasteiger partial charge < -0.3 is 4.57 Å². The van der Waals surface area contributed by atoms with Crippen LogP contribution in [0.1, 0.15) is 19.8 Å². The molecule has 0 aliphatic heterocycles. The highest BCUT2D eigenvalue weighted by Gasteiger charge is 1.99. The average Bonchev–Trinajstić information content (AvgIpc) is 2.59. The van der Waals surface area contributed by atoms with Crippen LogP contribution in [-0.2, 0) is 6.54 Å². The Morgan fingerprint density at radius 1 is 1.20 bits per heavy atom. The summed E-state index contributed by atoms with van der Waals surface area (Å²) in [4.78, 5) is 0.627. The van der Waals surface area contributed by atoms with Crippen LogP contribution < -0.4 is 0 Å². The second kappa shape index (κ2) is 4.84. The quantitative estimate of drug-likeness (QED) is 0.731. The monoisotopic (exact) mass is 265 g/mol. The lowest BCUT2D eigenvalue weighted by molar-refractivity contribution is 0.614. The predicted molar refractivity (Wildman–Crippen MR) is 69.6 cm³/mol. The molecular formula is C13H16BrN. The van der Waals surface area contributed by atoms with Crippen LogP contribution in [0.15, 0.2) is 36.7 Å². The molecule has 0 amide bonds. The number of hydrogen-bond acceptors (Lipinski definition) is 0. The highest BCUT2D eigenvalue weighted by molar-refractivity contribution is 9.09. The summed E-state index contributed by atoms with van der Waals surface area (Å²) in [6.07, 6.45) is 6.92. The van der Waals surface area contributed by atoms with Crippen molar-refractivity contribution in [1.29, 1.82) is 0 Å². The molecule has 2 rings (SSSR count). The molecule has 1 nitrogen and oxygen atoms in total. The van der Waals surface area contributed by atoms with Crippen LogP contribution in [0.5, 0.6) is 0 Å². The number of benzene rings is 1. The van der Waals surface area contributed by atoms with Crippen molar-refractivity contribution >= 4 is 26.7 Å². The first kappa shape index (κ1) is 10.7. The maximum absolute atomic E-state index is 3.57. The average molecular weight is 266 g/mol. The third kappa shape index (κ3) is 2.85. The molecule has 80 valence electrons. The first-order chi connectivity index (χ1) is 7.25. The molecule has 1 unspecified atom stereocenters. The van der Waals surface area contributed by atoms with E-state index in [2.05, 4.69) is 64.1 Å². The summed E-state index contributed by atoms with van der Waals surface area (Å²) in [5.41, 5.74) is 0. The number of aryl methyl sites for hydroxylation is 1. The molecule has 0 radical (unpaired) electrons. The zero-order valence-electron chi connectivity index (χ0n) is 8.99. The van der Waals surface area contributed by atoms with Crippen molar-refractivity contribution in [2.45, 2.75) is 31.1 Å². The molecule has 15 heavy (non-hydrogen) atoms. The minimum atomic E-state index is 0.627. The fraction of sp³-hybridized carbons (Fsp3) is 0.385. The van der Waals surface area contributed by atoms with E-state index in [1.165, 1.54) is 23.6 Å². The van der Waals surface area contributed by atoms with Gasteiger partial charge in [-0.25, -0.2) is 0 Å². The van der Waals surface area contributed by atoms with Gasteiger partial charge in [0.25, 0.3) is 0 Å². The predicted octanol–water partition coefficient (Wildman–Crippen LogP) is 4.20. The van der Waals surface area contributed by atoms with Crippen LogP contribution in [0, 0.1) is 0 Å². The molecule has 0 N–H and O–H groups in total. The van der Waals surface area contributed by atoms with Crippen molar-refractivity contribution in [3.05, 3.63) is 36.7 Å². The van der Waals surface area contributed by atoms with Gasteiger partial charge in [-0.05, 0) is 23.6 Å². The van der Waals surface area contributed by atoms with Crippen LogP contribution in [0.25, 0.3) is 10.8 Å². The van der Waals surface area contributed by atoms with Gasteiger partial charge in [0.2, 0.25) is 0 Å². The molecule has 2 aromatic rings. The summed E-state index contributed by atoms with van der Waals surface area (Å²) in [6, 6.07) is 8.51. The number of fused-ring (bicyclic) bond motifs is 1. The molecule has 0 bridgehead atoms. The lowest BCUT2D eigenvalue weighted by atomic mass is 10.2. The summed E-state index contributed by atoms with van der Waals surface area (Å²) >= 11 is 3.57. The summed E-state index contributed by atoms with van der Waals surface area (Å²) < 4.78 is 2.29. The molecule has 0 fully saturated rings. The van der Waals surface area contributed by atoms with Gasteiger partial charge in [-0.3, -0.25) is 0 Å². The number of aromatic nitrogens is 1. The van der Waals surface area contributed by atoms with Crippen molar-refractivity contribution in [1.82, 2.24) is 4.57 Å². The Labute approximate surface area is 99.2 Å². The van der Waals surface area contributed by atoms with Crippen molar-refractivity contribution in [2.75, 3.05) is 0 Å². The fourth-order valence-corrected chi connectivity index (χ4v) is 2.15. The Kier molecular flexibility index (Phi) is 3.47. The summed E-state index contributed by atoms with van der Waals surface area (Å²) in [7, 11) is 0. The Bertz CT molecular complexity index is 398. The maximum atomic E-state index is 3.57. The van der Waals surface area contributed by atoms with E-state index < -0.39 is 0 Å². The molecule has 0 spiro atoms. The van der Waals surface area contributed by atoms with E-state index in [0.717, 1.165) is 6.54 Å². The topological polar surface area (TPSA) is 4.93 Å². The minimum Gasteiger partial charge on any atom is -0.353 e. The molecule has 2 heteroatoms. The van der Waals surface area contributed by atoms with E-state index in [1.807, 2.05) is 0 Å². The lowest BCUT2D eigenvalue weighted by Gasteiger charge is -2.03. The van der Waals surface area contributed by atoms with Gasteiger partial charge in [-0.15, -0.1) is 0 Å². The number of hydrogen-bond donors (Lipinski definition) is 0. The van der Waals surface area contributed by atoms with Crippen LogP contribution in [0.2, 0.25) is 0 Å². The Morgan fingerprint density at radius 3 is 2.33 bits per heavy atom. The highest BCUT2D eigenvalue weighted by atomic mass is 79.9. The second-order valence-corrected chi connectivity index (χ2v) is 5.61. The van der Waals surface area contributed by atoms with Crippen LogP contribution >= 0.6 is 15.9 Å². The highest BCUT2D eigenvalue weighted by Crippen LogP contribution is 2.15. The molecular weight excluding hydrogens is 250 g/mol. The Balaban J connectivity index is 2.03. The Morgan fingerprint density at radius 2 is 1.80 bits per heavy atom. The standard InChI is InChI=1S/C13H16BrN/c1-11(14)5-4-8-15-9-12-6-2-3-7-13(12)10-15/h2-3,6-7,9-11H,4-5,8H2,1H3. The molecule has 1 heterocycles. The molecule has 0 aliphatic rings. The Hall–Kier alpha value is -0.760. The van der Waals surface area contributed by atoms with Crippen molar-refractivity contribution < 1.29 is 0 Å². The fourth-order valence-electron chi connectivity index (χ4n) is 1.82. The zero-order valence-corrected chi connectivity index (χ0v) is 10.6. The number of rotatable bonds is 4. The molecule has 1 atom stereocenters. The van der Waals surface area contributed by atoms with E-state index in [0.29, 0.717) is 4.83 Å². The number of halogens is 1. The van der Waals surface area contributed by atoms with Gasteiger partial charge in [-0.2, -0.15) is 0 Å². The summed E-state index contributed by atoms with van der Waals surface area (Å²) in [5.74, 6) is 0. The van der Waals surface area contributed by atoms with Gasteiger partial charge in [0, 0.05) is 23.8 Å². The van der Waals surface area contributed by atoms with Gasteiger partial charge in [-0.1, -0.05) is 47.1 Å². The second-order valence-electron chi connectivity index (χ2n) is 4.05. The smallest absolute Gasteiger partial charge is 0.0220 e. The molecule has 0 aliphatic carbocycles. The third-order valence-corrected chi connectivity index (χ3v) is 3.08. The van der Waals surface area contributed by atoms with Gasteiger partial charge in [0.1, 0.15) is 0 Å². The largest absolute Gasteiger partial charge is 0.353 e. The van der Waals surface area contributed by atoms with Crippen LogP contribution in [0.4, 0.5) is 0 Å². The third-order valence-electron chi connectivity index (χ3n) is 2.62. The zero-order chi connectivity index (χ0) is 10.7. The first-order valence-corrected chi connectivity index (χ1v) is 6.36. The van der Waals surface area contributed by atoms with Gasteiger partial charge in [0.15, 0.2) is 0 Å². The first-order valence-electron chi connectivity index (χ1n) is 5.44. The van der Waals surface area contributed by atoms with Crippen LogP contribution in [-0.4, -0.2) is 9.39 Å². The van der Waals surface area contributed by atoms with Crippen molar-refractivity contribution in [3.8, 4) is 0 Å². The molecule has 0 saturated heterocycles. The normalized spacial score (nSPS) is 13.2. The van der Waals surface area contributed by atoms with E-state index in [1.54, 1.807) is 0 Å². The molecule has 1 aromatic heterocycles. The maximum Gasteiger partial charge on any atom is 0.0220 e. The number of nitrogens with zero attached hydrogens (tertiary/aromatic N) is 1. The van der Waals surface area contributed by atoms with E-state index in [-0.39, 0.29) is 0 Å². The van der Waals surface area contributed by atoms with Crippen LogP contribution in [0.3, 0.4) is 0 Å². The van der Waals surface area contributed by atoms with E-state index in [4.69, 9.17) is 0 Å². The van der Waals surface area contributed by atoms with E-state index in [9.17, 15) is 0 Å². The summed E-state index contributed by atoms with van der Waals surface area (Å²) in [5, 5.41) is 2.67. The lowest BCUT2D eigenvalue weighted by Crippen LogP contribution is -1.97. The molecule has 1 aromatic carbocycles. The van der Waals surface area contributed by atoms with Crippen molar-refractivity contribution in [2.24, 2.45) is 0 Å². The summed E-state index contributed by atoms with van der Waals surface area (Å²) in [6.45, 7) is 3.32. The van der Waals surface area contributed by atoms with Gasteiger partial charge >= 0.3 is 0 Å². The van der Waals surface area contributed by atoms with E-state index >= 15 is 0 Å². The van der Waals surface area contributed by atoms with Gasteiger partial charge in [0.05, 0.1) is 0 Å². The SMILES string of the molecule is CC(Br)CCCn1cc2ccccc2c1. The molecule has 0 saturated carbocycles. The van der Waals surface area contributed by atoms with Crippen molar-refractivity contribution in [3.63, 3.8) is 0 Å².